The highest BCUT2D eigenvalue weighted by Gasteiger charge is 2.44. The van der Waals surface area contributed by atoms with Crippen molar-refractivity contribution in [2.75, 3.05) is 13.1 Å². The maximum absolute atomic E-state index is 6.09. The molecule has 3 heteroatoms. The van der Waals surface area contributed by atoms with E-state index in [0.29, 0.717) is 5.92 Å². The lowest BCUT2D eigenvalue weighted by Gasteiger charge is -2.41. The van der Waals surface area contributed by atoms with Crippen LogP contribution in [0, 0.1) is 5.92 Å². The molecule has 0 radical (unpaired) electrons. The lowest BCUT2D eigenvalue weighted by molar-refractivity contribution is -0.103. The predicted octanol–water partition coefficient (Wildman–Crippen LogP) is 3.84. The molecule has 4 rings (SSSR count). The van der Waals surface area contributed by atoms with Crippen LogP contribution in [0.25, 0.3) is 5.70 Å². The van der Waals surface area contributed by atoms with Crippen LogP contribution in [-0.2, 0) is 11.4 Å². The van der Waals surface area contributed by atoms with E-state index in [1.807, 2.05) is 6.07 Å². The van der Waals surface area contributed by atoms with Gasteiger partial charge in [-0.15, -0.1) is 0 Å². The smallest absolute Gasteiger partial charge is 0.121 e. The number of nitrogens with one attached hydrogen (secondary N) is 1. The average Bonchev–Trinajstić information content (AvgIpc) is 3.06. The molecule has 0 bridgehead atoms. The molecule has 1 fully saturated rings. The third kappa shape index (κ3) is 2.97. The Morgan fingerprint density at radius 3 is 2.50 bits per heavy atom. The second-order valence-corrected chi connectivity index (χ2v) is 6.95. The Morgan fingerprint density at radius 1 is 1.08 bits per heavy atom. The first-order valence-electron chi connectivity index (χ1n) is 8.74. The lowest BCUT2D eigenvalue weighted by atomic mass is 9.81. The third-order valence-corrected chi connectivity index (χ3v) is 5.26. The summed E-state index contributed by atoms with van der Waals surface area (Å²) in [5.74, 6) is 0.448. The van der Waals surface area contributed by atoms with E-state index in [1.54, 1.807) is 0 Å². The number of benzene rings is 2. The van der Waals surface area contributed by atoms with Gasteiger partial charge in [0.25, 0.3) is 0 Å². The predicted molar refractivity (Wildman–Crippen MR) is 96.9 cm³/mol. The summed E-state index contributed by atoms with van der Waals surface area (Å²) < 4.78 is 0. The summed E-state index contributed by atoms with van der Waals surface area (Å²) in [5, 5.41) is 0. The van der Waals surface area contributed by atoms with E-state index >= 15 is 0 Å². The van der Waals surface area contributed by atoms with E-state index in [4.69, 9.17) is 4.84 Å². The molecule has 3 nitrogen and oxygen atoms in total. The van der Waals surface area contributed by atoms with E-state index in [9.17, 15) is 0 Å². The van der Waals surface area contributed by atoms with Crippen molar-refractivity contribution in [1.29, 1.82) is 0 Å². The molecule has 1 saturated heterocycles. The molecule has 2 aliphatic heterocycles. The first kappa shape index (κ1) is 15.4. The molecule has 124 valence electrons. The van der Waals surface area contributed by atoms with Crippen LogP contribution in [0.2, 0.25) is 0 Å². The van der Waals surface area contributed by atoms with E-state index < -0.39 is 0 Å². The van der Waals surface area contributed by atoms with Gasteiger partial charge in [-0.25, -0.2) is 0 Å². The van der Waals surface area contributed by atoms with Crippen LogP contribution in [0.3, 0.4) is 0 Å². The number of nitrogens with zero attached hydrogens (tertiary/aromatic N) is 1. The summed E-state index contributed by atoms with van der Waals surface area (Å²) in [6.07, 6.45) is 3.32. The Hall–Kier alpha value is -2.10. The quantitative estimate of drug-likeness (QED) is 0.930. The van der Waals surface area contributed by atoms with Gasteiger partial charge in [0, 0.05) is 25.6 Å². The summed E-state index contributed by atoms with van der Waals surface area (Å²) >= 11 is 0. The molecule has 0 amide bonds. The summed E-state index contributed by atoms with van der Waals surface area (Å²) in [4.78, 5) is 8.62. The van der Waals surface area contributed by atoms with Gasteiger partial charge in [-0.05, 0) is 23.6 Å². The van der Waals surface area contributed by atoms with Crippen molar-refractivity contribution in [3.63, 3.8) is 0 Å². The molecule has 2 unspecified atom stereocenters. The van der Waals surface area contributed by atoms with Crippen molar-refractivity contribution in [3.8, 4) is 0 Å². The zero-order chi connectivity index (χ0) is 16.4. The molecular formula is C21H24N2O. The van der Waals surface area contributed by atoms with Crippen LogP contribution >= 0.6 is 0 Å². The fourth-order valence-electron chi connectivity index (χ4n) is 3.78. The molecule has 2 aliphatic rings. The van der Waals surface area contributed by atoms with Crippen LogP contribution in [-0.4, -0.2) is 23.6 Å². The molecular weight excluding hydrogens is 296 g/mol. The largest absolute Gasteiger partial charge is 0.299 e. The Labute approximate surface area is 143 Å². The van der Waals surface area contributed by atoms with Crippen LogP contribution < -0.4 is 5.48 Å². The fourth-order valence-corrected chi connectivity index (χ4v) is 3.78. The van der Waals surface area contributed by atoms with Crippen LogP contribution in [0.1, 0.15) is 24.5 Å². The summed E-state index contributed by atoms with van der Waals surface area (Å²) in [7, 11) is 0. The highest BCUT2D eigenvalue weighted by atomic mass is 16.7. The van der Waals surface area contributed by atoms with Gasteiger partial charge in [0.2, 0.25) is 0 Å². The normalized spacial score (nSPS) is 27.0. The molecule has 0 saturated carbocycles. The molecule has 0 aliphatic carbocycles. The van der Waals surface area contributed by atoms with Gasteiger partial charge < -0.3 is 0 Å². The van der Waals surface area contributed by atoms with Gasteiger partial charge in [-0.2, -0.15) is 0 Å². The van der Waals surface area contributed by atoms with E-state index in [-0.39, 0.29) is 5.60 Å². The molecule has 2 aromatic rings. The standard InChI is InChI=1S/C21H24N2O/c1-17-15-23(16-18-8-4-2-5-9-18)13-12-21(17)14-20(22-24-21)19-10-6-3-7-11-19/h2-11,14,17,22H,12-13,15-16H2,1H3. The van der Waals surface area contributed by atoms with Crippen LogP contribution in [0.15, 0.2) is 66.7 Å². The number of hydrogen-bond donors (Lipinski definition) is 1. The molecule has 1 N–H and O–H groups in total. The summed E-state index contributed by atoms with van der Waals surface area (Å²) in [5.41, 5.74) is 6.65. The van der Waals surface area contributed by atoms with Crippen molar-refractivity contribution in [2.24, 2.45) is 5.92 Å². The highest BCUT2D eigenvalue weighted by Crippen LogP contribution is 2.38. The molecule has 0 aromatic heterocycles. The SMILES string of the molecule is CC1CN(Cc2ccccc2)CCC12C=C(c1ccccc1)NO2. The molecule has 2 atom stereocenters. The van der Waals surface area contributed by atoms with Crippen molar-refractivity contribution < 1.29 is 4.84 Å². The third-order valence-electron chi connectivity index (χ3n) is 5.26. The minimum Gasteiger partial charge on any atom is -0.299 e. The minimum absolute atomic E-state index is 0.182. The zero-order valence-corrected chi connectivity index (χ0v) is 14.1. The van der Waals surface area contributed by atoms with Gasteiger partial charge >= 0.3 is 0 Å². The van der Waals surface area contributed by atoms with Crippen molar-refractivity contribution in [1.82, 2.24) is 10.4 Å². The van der Waals surface area contributed by atoms with Gasteiger partial charge in [0.1, 0.15) is 5.60 Å². The molecule has 2 heterocycles. The Morgan fingerprint density at radius 2 is 1.79 bits per heavy atom. The van der Waals surface area contributed by atoms with E-state index in [1.165, 1.54) is 11.1 Å². The lowest BCUT2D eigenvalue weighted by Crippen LogP contribution is -2.50. The Balaban J connectivity index is 1.46. The number of hydroxylamine groups is 1. The van der Waals surface area contributed by atoms with E-state index in [2.05, 4.69) is 78.0 Å². The Kier molecular flexibility index (Phi) is 4.13. The molecule has 2 aromatic carbocycles. The highest BCUT2D eigenvalue weighted by molar-refractivity contribution is 5.65. The first-order valence-corrected chi connectivity index (χ1v) is 8.74. The minimum atomic E-state index is -0.182. The second kappa shape index (κ2) is 6.42. The number of likely N-dealkylation sites (tertiary alicyclic amines) is 1. The van der Waals surface area contributed by atoms with Gasteiger partial charge in [-0.3, -0.25) is 15.2 Å². The number of rotatable bonds is 3. The maximum atomic E-state index is 6.09. The monoisotopic (exact) mass is 320 g/mol. The molecule has 24 heavy (non-hydrogen) atoms. The van der Waals surface area contributed by atoms with E-state index in [0.717, 1.165) is 31.8 Å². The molecule has 1 spiro atoms. The number of hydrogen-bond acceptors (Lipinski definition) is 3. The summed E-state index contributed by atoms with van der Waals surface area (Å²) in [6, 6.07) is 21.1. The first-order chi connectivity index (χ1) is 11.8. The summed E-state index contributed by atoms with van der Waals surface area (Å²) in [6.45, 7) is 5.42. The van der Waals surface area contributed by atoms with Crippen LogP contribution in [0.4, 0.5) is 0 Å². The van der Waals surface area contributed by atoms with Crippen LogP contribution in [0.5, 0.6) is 0 Å². The topological polar surface area (TPSA) is 24.5 Å². The van der Waals surface area contributed by atoms with Crippen molar-refractivity contribution in [2.45, 2.75) is 25.5 Å². The van der Waals surface area contributed by atoms with Gasteiger partial charge in [0.05, 0.1) is 5.70 Å². The number of piperidine rings is 1. The second-order valence-electron chi connectivity index (χ2n) is 6.95. The van der Waals surface area contributed by atoms with Crippen molar-refractivity contribution >= 4 is 5.70 Å². The Bertz CT molecular complexity index is 713. The van der Waals surface area contributed by atoms with Crippen molar-refractivity contribution in [3.05, 3.63) is 77.9 Å². The zero-order valence-electron chi connectivity index (χ0n) is 14.1. The maximum Gasteiger partial charge on any atom is 0.121 e. The average molecular weight is 320 g/mol. The van der Waals surface area contributed by atoms with Gasteiger partial charge in [-0.1, -0.05) is 67.6 Å². The fraction of sp³-hybridized carbons (Fsp3) is 0.333. The van der Waals surface area contributed by atoms with Gasteiger partial charge in [0.15, 0.2) is 0 Å².